The second-order valence-electron chi connectivity index (χ2n) is 7.26. The average Bonchev–Trinajstić information content (AvgIpc) is 2.95. The van der Waals surface area contributed by atoms with E-state index in [1.165, 1.54) is 12.1 Å². The van der Waals surface area contributed by atoms with Crippen LogP contribution in [0.3, 0.4) is 0 Å². The van der Waals surface area contributed by atoms with Crippen molar-refractivity contribution >= 4 is 29.3 Å². The van der Waals surface area contributed by atoms with Crippen LogP contribution in [0.4, 0.5) is 10.1 Å². The Bertz CT molecular complexity index is 887. The Morgan fingerprint density at radius 3 is 2.66 bits per heavy atom. The molecule has 0 spiro atoms. The minimum atomic E-state index is -0.585. The van der Waals surface area contributed by atoms with E-state index >= 15 is 0 Å². The molecule has 29 heavy (non-hydrogen) atoms. The van der Waals surface area contributed by atoms with Gasteiger partial charge in [0.15, 0.2) is 0 Å². The minimum absolute atomic E-state index is 0.0386. The van der Waals surface area contributed by atoms with Crippen molar-refractivity contribution in [2.45, 2.75) is 38.4 Å². The molecule has 4 nitrogen and oxygen atoms in total. The lowest BCUT2D eigenvalue weighted by Crippen LogP contribution is -2.36. The van der Waals surface area contributed by atoms with Gasteiger partial charge in [0.2, 0.25) is 0 Å². The second kappa shape index (κ2) is 9.92. The molecule has 154 valence electrons. The smallest absolute Gasteiger partial charge is 0.258 e. The first kappa shape index (κ1) is 21.4. The number of anilines is 1. The van der Waals surface area contributed by atoms with Crippen molar-refractivity contribution < 1.29 is 14.0 Å². The lowest BCUT2D eigenvalue weighted by Gasteiger charge is -2.25. The summed E-state index contributed by atoms with van der Waals surface area (Å²) in [7, 11) is 0. The summed E-state index contributed by atoms with van der Waals surface area (Å²) in [5, 5.41) is 3.21. The van der Waals surface area contributed by atoms with E-state index in [-0.39, 0.29) is 11.5 Å². The van der Waals surface area contributed by atoms with Crippen LogP contribution in [0.2, 0.25) is 0 Å². The molecule has 1 aliphatic heterocycles. The van der Waals surface area contributed by atoms with Gasteiger partial charge in [-0.25, -0.2) is 4.39 Å². The number of halogens is 1. The molecule has 2 amide bonds. The number of amides is 2. The number of carbonyl (C=O) groups excluding carboxylic acids is 2. The van der Waals surface area contributed by atoms with Crippen molar-refractivity contribution in [2.24, 2.45) is 0 Å². The average molecular weight is 415 g/mol. The third kappa shape index (κ3) is 5.18. The zero-order valence-corrected chi connectivity index (χ0v) is 17.7. The fourth-order valence-electron chi connectivity index (χ4n) is 3.67. The molecule has 3 rings (SSSR count). The predicted octanol–water partition coefficient (Wildman–Crippen LogP) is 5.13. The standard InChI is InChI=1S/C23H27FN2O2S/c1-3-29-17-10-6-7-14-26(15-17)23(28)19-12-8-9-16(2)21(19)25-22(27)18-11-4-5-13-20(18)24/h4-5,8-9,11-13,17H,3,6-7,10,14-15H2,1-2H3,(H,25,27). The normalized spacial score (nSPS) is 16.9. The van der Waals surface area contributed by atoms with Crippen LogP contribution >= 0.6 is 11.8 Å². The van der Waals surface area contributed by atoms with E-state index in [1.807, 2.05) is 35.7 Å². The molecule has 0 aromatic heterocycles. The fraction of sp³-hybridized carbons (Fsp3) is 0.391. The number of aryl methyl sites for hydroxylation is 1. The Labute approximate surface area is 175 Å². The van der Waals surface area contributed by atoms with Gasteiger partial charge in [-0.15, -0.1) is 0 Å². The van der Waals surface area contributed by atoms with Crippen molar-refractivity contribution in [3.63, 3.8) is 0 Å². The van der Waals surface area contributed by atoms with Crippen molar-refractivity contribution in [3.8, 4) is 0 Å². The third-order valence-electron chi connectivity index (χ3n) is 5.18. The summed E-state index contributed by atoms with van der Waals surface area (Å²) < 4.78 is 14.0. The minimum Gasteiger partial charge on any atom is -0.337 e. The molecule has 1 fully saturated rings. The third-order valence-corrected chi connectivity index (χ3v) is 6.37. The second-order valence-corrected chi connectivity index (χ2v) is 8.83. The van der Waals surface area contributed by atoms with Crippen LogP contribution in [-0.2, 0) is 0 Å². The van der Waals surface area contributed by atoms with Crippen molar-refractivity contribution in [3.05, 3.63) is 65.0 Å². The topological polar surface area (TPSA) is 49.4 Å². The van der Waals surface area contributed by atoms with Crippen LogP contribution in [0, 0.1) is 12.7 Å². The summed E-state index contributed by atoms with van der Waals surface area (Å²) in [6, 6.07) is 11.2. The molecule has 1 atom stereocenters. The van der Waals surface area contributed by atoms with Crippen LogP contribution in [0.25, 0.3) is 0 Å². The van der Waals surface area contributed by atoms with E-state index in [0.717, 1.165) is 30.6 Å². The van der Waals surface area contributed by atoms with Gasteiger partial charge in [0.05, 0.1) is 16.8 Å². The molecule has 1 saturated heterocycles. The summed E-state index contributed by atoms with van der Waals surface area (Å²) in [4.78, 5) is 27.9. The largest absolute Gasteiger partial charge is 0.337 e. The van der Waals surface area contributed by atoms with E-state index in [9.17, 15) is 14.0 Å². The monoisotopic (exact) mass is 414 g/mol. The lowest BCUT2D eigenvalue weighted by molar-refractivity contribution is 0.0764. The van der Waals surface area contributed by atoms with Gasteiger partial charge < -0.3 is 10.2 Å². The van der Waals surface area contributed by atoms with Gasteiger partial charge in [0.25, 0.3) is 11.8 Å². The molecule has 1 N–H and O–H groups in total. The highest BCUT2D eigenvalue weighted by Gasteiger charge is 2.26. The van der Waals surface area contributed by atoms with Crippen molar-refractivity contribution in [2.75, 3.05) is 24.2 Å². The molecular weight excluding hydrogens is 387 g/mol. The molecule has 6 heteroatoms. The first-order chi connectivity index (χ1) is 14.0. The number of hydrogen-bond acceptors (Lipinski definition) is 3. The number of nitrogens with zero attached hydrogens (tertiary/aromatic N) is 1. The zero-order chi connectivity index (χ0) is 20.8. The fourth-order valence-corrected chi connectivity index (χ4v) is 4.76. The number of carbonyl (C=O) groups is 2. The predicted molar refractivity (Wildman–Crippen MR) is 117 cm³/mol. The lowest BCUT2D eigenvalue weighted by atomic mass is 10.1. The highest BCUT2D eigenvalue weighted by atomic mass is 32.2. The summed E-state index contributed by atoms with van der Waals surface area (Å²) in [5.74, 6) is -0.192. The maximum atomic E-state index is 14.0. The van der Waals surface area contributed by atoms with Crippen LogP contribution in [0.5, 0.6) is 0 Å². The van der Waals surface area contributed by atoms with Gasteiger partial charge in [0.1, 0.15) is 5.82 Å². The summed E-state index contributed by atoms with van der Waals surface area (Å²) in [5.41, 5.74) is 1.64. The van der Waals surface area contributed by atoms with E-state index in [1.54, 1.807) is 18.2 Å². The van der Waals surface area contributed by atoms with E-state index < -0.39 is 11.7 Å². The Kier molecular flexibility index (Phi) is 7.31. The summed E-state index contributed by atoms with van der Waals surface area (Å²) in [6.07, 6.45) is 3.22. The Morgan fingerprint density at radius 1 is 1.14 bits per heavy atom. The Balaban J connectivity index is 1.86. The molecule has 0 saturated carbocycles. The highest BCUT2D eigenvalue weighted by Crippen LogP contribution is 2.27. The number of para-hydroxylation sites is 1. The molecule has 2 aromatic carbocycles. The Hall–Kier alpha value is -2.34. The van der Waals surface area contributed by atoms with Gasteiger partial charge >= 0.3 is 0 Å². The van der Waals surface area contributed by atoms with Crippen LogP contribution in [0.1, 0.15) is 52.5 Å². The molecule has 0 radical (unpaired) electrons. The number of thioether (sulfide) groups is 1. The van der Waals surface area contributed by atoms with E-state index in [0.29, 0.717) is 29.6 Å². The SMILES string of the molecule is CCSC1CCCCN(C(=O)c2cccc(C)c2NC(=O)c2ccccc2F)C1. The number of benzene rings is 2. The number of hydrogen-bond donors (Lipinski definition) is 1. The van der Waals surface area contributed by atoms with Gasteiger partial charge in [-0.05, 0) is 49.3 Å². The first-order valence-electron chi connectivity index (χ1n) is 10.1. The number of likely N-dealkylation sites (tertiary alicyclic amines) is 1. The maximum Gasteiger partial charge on any atom is 0.258 e. The molecule has 2 aromatic rings. The molecule has 0 aliphatic carbocycles. The zero-order valence-electron chi connectivity index (χ0n) is 16.9. The van der Waals surface area contributed by atoms with Crippen LogP contribution in [-0.4, -0.2) is 40.8 Å². The van der Waals surface area contributed by atoms with Crippen LogP contribution < -0.4 is 5.32 Å². The maximum absolute atomic E-state index is 14.0. The van der Waals surface area contributed by atoms with Crippen molar-refractivity contribution in [1.82, 2.24) is 4.90 Å². The molecule has 1 heterocycles. The van der Waals surface area contributed by atoms with Crippen LogP contribution in [0.15, 0.2) is 42.5 Å². The van der Waals surface area contributed by atoms with Gasteiger partial charge in [-0.2, -0.15) is 11.8 Å². The molecule has 1 unspecified atom stereocenters. The highest BCUT2D eigenvalue weighted by molar-refractivity contribution is 7.99. The van der Waals surface area contributed by atoms with E-state index in [2.05, 4.69) is 12.2 Å². The summed E-state index contributed by atoms with van der Waals surface area (Å²) in [6.45, 7) is 5.41. The molecular formula is C23H27FN2O2S. The quantitative estimate of drug-likeness (QED) is 0.737. The number of rotatable bonds is 5. The van der Waals surface area contributed by atoms with E-state index in [4.69, 9.17) is 0 Å². The Morgan fingerprint density at radius 2 is 1.90 bits per heavy atom. The molecule has 1 aliphatic rings. The first-order valence-corrected chi connectivity index (χ1v) is 11.1. The number of nitrogens with one attached hydrogen (secondary N) is 1. The van der Waals surface area contributed by atoms with Gasteiger partial charge in [-0.1, -0.05) is 37.6 Å². The van der Waals surface area contributed by atoms with Gasteiger partial charge in [0, 0.05) is 18.3 Å². The van der Waals surface area contributed by atoms with Crippen molar-refractivity contribution in [1.29, 1.82) is 0 Å². The summed E-state index contributed by atoms with van der Waals surface area (Å²) >= 11 is 1.89. The van der Waals surface area contributed by atoms with Gasteiger partial charge in [-0.3, -0.25) is 9.59 Å². The molecule has 0 bridgehead atoms.